The van der Waals surface area contributed by atoms with Crippen LogP contribution in [0.15, 0.2) is 0 Å². The molecular weight excluding hydrogens is 238 g/mol. The second kappa shape index (κ2) is 7.85. The number of rotatable bonds is 6. The van der Waals surface area contributed by atoms with Crippen molar-refractivity contribution in [3.63, 3.8) is 0 Å². The van der Waals surface area contributed by atoms with Gasteiger partial charge in [0.1, 0.15) is 0 Å². The van der Waals surface area contributed by atoms with Gasteiger partial charge < -0.3 is 15.5 Å². The first-order chi connectivity index (χ1) is 9.28. The Balaban J connectivity index is 1.54. The minimum Gasteiger partial charge on any atom is -0.352 e. The highest BCUT2D eigenvalue weighted by Crippen LogP contribution is 2.17. The summed E-state index contributed by atoms with van der Waals surface area (Å²) in [6, 6.07) is 0.435. The summed E-state index contributed by atoms with van der Waals surface area (Å²) in [5, 5.41) is 6.47. The highest BCUT2D eigenvalue weighted by molar-refractivity contribution is 5.78. The summed E-state index contributed by atoms with van der Waals surface area (Å²) in [6.07, 6.45) is 7.48. The van der Waals surface area contributed by atoms with Crippen molar-refractivity contribution in [1.82, 2.24) is 15.5 Å². The molecule has 1 amide bonds. The van der Waals surface area contributed by atoms with Crippen LogP contribution in [0.1, 0.15) is 45.4 Å². The smallest absolute Gasteiger partial charge is 0.234 e. The molecule has 4 nitrogen and oxygen atoms in total. The van der Waals surface area contributed by atoms with Crippen LogP contribution in [-0.2, 0) is 4.79 Å². The van der Waals surface area contributed by atoms with Crippen LogP contribution in [0.4, 0.5) is 0 Å². The van der Waals surface area contributed by atoms with Gasteiger partial charge in [0.25, 0.3) is 0 Å². The van der Waals surface area contributed by atoms with Crippen LogP contribution in [-0.4, -0.2) is 49.6 Å². The lowest BCUT2D eigenvalue weighted by atomic mass is 9.95. The molecule has 0 aromatic heterocycles. The minimum atomic E-state index is 0.178. The molecule has 1 unspecified atom stereocenters. The van der Waals surface area contributed by atoms with Crippen LogP contribution in [0.25, 0.3) is 0 Å². The molecular formula is C15H29N3O. The molecule has 2 aliphatic rings. The standard InChI is InChI=1S/C15H29N3O/c1-2-18-9-8-13(12-18)10-16-11-15(19)17-14-6-4-3-5-7-14/h13-14,16H,2-12H2,1H3,(H,17,19). The van der Waals surface area contributed by atoms with Gasteiger partial charge in [0, 0.05) is 12.6 Å². The zero-order chi connectivity index (χ0) is 13.5. The Morgan fingerprint density at radius 3 is 2.68 bits per heavy atom. The highest BCUT2D eigenvalue weighted by Gasteiger charge is 2.21. The highest BCUT2D eigenvalue weighted by atomic mass is 16.1. The molecule has 1 atom stereocenters. The first-order valence-electron chi connectivity index (χ1n) is 8.00. The van der Waals surface area contributed by atoms with E-state index in [1.807, 2.05) is 0 Å². The zero-order valence-corrected chi connectivity index (χ0v) is 12.3. The van der Waals surface area contributed by atoms with E-state index in [0.717, 1.165) is 19.0 Å². The number of carbonyl (C=O) groups excluding carboxylic acids is 1. The van der Waals surface area contributed by atoms with E-state index in [4.69, 9.17) is 0 Å². The molecule has 110 valence electrons. The summed E-state index contributed by atoms with van der Waals surface area (Å²) in [6.45, 7) is 7.24. The molecule has 2 N–H and O–H groups in total. The van der Waals surface area contributed by atoms with Crippen LogP contribution in [0.3, 0.4) is 0 Å². The first-order valence-corrected chi connectivity index (χ1v) is 8.00. The molecule has 2 rings (SSSR count). The van der Waals surface area contributed by atoms with Gasteiger partial charge in [-0.1, -0.05) is 26.2 Å². The Labute approximate surface area is 117 Å². The molecule has 1 saturated carbocycles. The van der Waals surface area contributed by atoms with Crippen molar-refractivity contribution in [2.75, 3.05) is 32.7 Å². The van der Waals surface area contributed by atoms with Gasteiger partial charge in [0.05, 0.1) is 6.54 Å². The average Bonchev–Trinajstić information content (AvgIpc) is 2.88. The average molecular weight is 267 g/mol. The summed E-state index contributed by atoms with van der Waals surface area (Å²) < 4.78 is 0. The first kappa shape index (κ1) is 14.8. The van der Waals surface area contributed by atoms with Gasteiger partial charge in [-0.05, 0) is 44.8 Å². The summed E-state index contributed by atoms with van der Waals surface area (Å²) >= 11 is 0. The predicted octanol–water partition coefficient (Wildman–Crippen LogP) is 1.37. The van der Waals surface area contributed by atoms with Gasteiger partial charge in [-0.2, -0.15) is 0 Å². The third-order valence-electron chi connectivity index (χ3n) is 4.51. The van der Waals surface area contributed by atoms with Crippen molar-refractivity contribution in [2.45, 2.75) is 51.5 Å². The van der Waals surface area contributed by atoms with E-state index in [1.165, 1.54) is 51.6 Å². The molecule has 2 fully saturated rings. The zero-order valence-electron chi connectivity index (χ0n) is 12.3. The quantitative estimate of drug-likeness (QED) is 0.764. The van der Waals surface area contributed by atoms with Crippen LogP contribution in [0.5, 0.6) is 0 Å². The van der Waals surface area contributed by atoms with E-state index in [9.17, 15) is 4.79 Å². The lowest BCUT2D eigenvalue weighted by Gasteiger charge is -2.23. The summed E-state index contributed by atoms with van der Waals surface area (Å²) in [4.78, 5) is 14.3. The topological polar surface area (TPSA) is 44.4 Å². The van der Waals surface area contributed by atoms with E-state index in [-0.39, 0.29) is 5.91 Å². The summed E-state index contributed by atoms with van der Waals surface area (Å²) in [5.74, 6) is 0.902. The Hall–Kier alpha value is -0.610. The van der Waals surface area contributed by atoms with Gasteiger partial charge in [-0.3, -0.25) is 4.79 Å². The van der Waals surface area contributed by atoms with Gasteiger partial charge in [-0.25, -0.2) is 0 Å². The van der Waals surface area contributed by atoms with E-state index in [2.05, 4.69) is 22.5 Å². The Kier molecular flexibility index (Phi) is 6.11. The Bertz CT molecular complexity index is 277. The molecule has 4 heteroatoms. The van der Waals surface area contributed by atoms with Crippen molar-refractivity contribution in [1.29, 1.82) is 0 Å². The fourth-order valence-corrected chi connectivity index (χ4v) is 3.28. The van der Waals surface area contributed by atoms with E-state index >= 15 is 0 Å². The SMILES string of the molecule is CCN1CCC(CNCC(=O)NC2CCCCC2)C1. The van der Waals surface area contributed by atoms with Gasteiger partial charge >= 0.3 is 0 Å². The molecule has 1 aliphatic carbocycles. The number of likely N-dealkylation sites (tertiary alicyclic amines) is 1. The van der Waals surface area contributed by atoms with Crippen molar-refractivity contribution in [3.8, 4) is 0 Å². The second-order valence-electron chi connectivity index (χ2n) is 6.08. The number of nitrogens with zero attached hydrogens (tertiary/aromatic N) is 1. The molecule has 0 radical (unpaired) electrons. The molecule has 1 saturated heterocycles. The Morgan fingerprint density at radius 2 is 2.00 bits per heavy atom. The molecule has 19 heavy (non-hydrogen) atoms. The van der Waals surface area contributed by atoms with Crippen LogP contribution >= 0.6 is 0 Å². The molecule has 0 aromatic carbocycles. The van der Waals surface area contributed by atoms with Crippen molar-refractivity contribution in [3.05, 3.63) is 0 Å². The molecule has 0 aromatic rings. The van der Waals surface area contributed by atoms with Gasteiger partial charge in [0.15, 0.2) is 0 Å². The molecule has 1 aliphatic heterocycles. The number of carbonyl (C=O) groups is 1. The Morgan fingerprint density at radius 1 is 1.21 bits per heavy atom. The van der Waals surface area contributed by atoms with Crippen LogP contribution in [0, 0.1) is 5.92 Å². The van der Waals surface area contributed by atoms with Gasteiger partial charge in [0.2, 0.25) is 5.91 Å². The van der Waals surface area contributed by atoms with Crippen molar-refractivity contribution >= 4 is 5.91 Å². The minimum absolute atomic E-state index is 0.178. The van der Waals surface area contributed by atoms with Crippen LogP contribution < -0.4 is 10.6 Å². The summed E-state index contributed by atoms with van der Waals surface area (Å²) in [5.41, 5.74) is 0. The molecule has 0 spiro atoms. The molecule has 1 heterocycles. The van der Waals surface area contributed by atoms with E-state index in [0.29, 0.717) is 12.6 Å². The normalized spacial score (nSPS) is 25.6. The number of nitrogens with one attached hydrogen (secondary N) is 2. The third kappa shape index (κ3) is 5.11. The van der Waals surface area contributed by atoms with Gasteiger partial charge in [-0.15, -0.1) is 0 Å². The number of hydrogen-bond donors (Lipinski definition) is 2. The monoisotopic (exact) mass is 267 g/mol. The second-order valence-corrected chi connectivity index (χ2v) is 6.08. The predicted molar refractivity (Wildman–Crippen MR) is 78.1 cm³/mol. The van der Waals surface area contributed by atoms with Crippen molar-refractivity contribution in [2.24, 2.45) is 5.92 Å². The van der Waals surface area contributed by atoms with Crippen molar-refractivity contribution < 1.29 is 4.79 Å². The maximum absolute atomic E-state index is 11.8. The maximum Gasteiger partial charge on any atom is 0.234 e. The summed E-state index contributed by atoms with van der Waals surface area (Å²) in [7, 11) is 0. The van der Waals surface area contributed by atoms with E-state index < -0.39 is 0 Å². The lowest BCUT2D eigenvalue weighted by molar-refractivity contribution is -0.121. The van der Waals surface area contributed by atoms with E-state index in [1.54, 1.807) is 0 Å². The maximum atomic E-state index is 11.8. The third-order valence-corrected chi connectivity index (χ3v) is 4.51. The number of hydrogen-bond acceptors (Lipinski definition) is 3. The number of amides is 1. The fraction of sp³-hybridized carbons (Fsp3) is 0.933. The molecule has 0 bridgehead atoms. The fourth-order valence-electron chi connectivity index (χ4n) is 3.28. The largest absolute Gasteiger partial charge is 0.352 e. The lowest BCUT2D eigenvalue weighted by Crippen LogP contribution is -2.42. The van der Waals surface area contributed by atoms with Crippen LogP contribution in [0.2, 0.25) is 0 Å².